The SMILES string of the molecule is Cc1ccc(-c2ccc3c4ccc(-c5ccc(C)cc5)cc4n(-c4cccc5c4C(=O)N(c4cc(-c6ccccc6)cc(-c6ccccc6)c4)C5=O)c3c2)cc1. The molecule has 0 aliphatic carbocycles. The van der Waals surface area contributed by atoms with Crippen molar-refractivity contribution < 1.29 is 9.59 Å². The van der Waals surface area contributed by atoms with E-state index in [0.29, 0.717) is 22.5 Å². The lowest BCUT2D eigenvalue weighted by atomic mass is 9.97. The van der Waals surface area contributed by atoms with Crippen molar-refractivity contribution in [1.29, 1.82) is 0 Å². The number of anilines is 1. The average Bonchev–Trinajstić information content (AvgIpc) is 3.71. The minimum Gasteiger partial charge on any atom is -0.308 e. The van der Waals surface area contributed by atoms with E-state index < -0.39 is 0 Å². The summed E-state index contributed by atoms with van der Waals surface area (Å²) in [7, 11) is 0. The second-order valence-corrected chi connectivity index (χ2v) is 14.7. The van der Waals surface area contributed by atoms with Gasteiger partial charge in [-0.3, -0.25) is 9.59 Å². The van der Waals surface area contributed by atoms with Crippen LogP contribution in [0.4, 0.5) is 5.69 Å². The Bertz CT molecular complexity index is 2840. The Morgan fingerprint density at radius 1 is 0.375 bits per heavy atom. The molecular weight excluding hydrogens is 685 g/mol. The monoisotopic (exact) mass is 720 g/mol. The van der Waals surface area contributed by atoms with Gasteiger partial charge >= 0.3 is 0 Å². The first-order valence-corrected chi connectivity index (χ1v) is 18.9. The summed E-state index contributed by atoms with van der Waals surface area (Å²) in [6.07, 6.45) is 0. The Morgan fingerprint density at radius 2 is 0.839 bits per heavy atom. The van der Waals surface area contributed by atoms with Gasteiger partial charge < -0.3 is 4.57 Å². The number of fused-ring (bicyclic) bond motifs is 4. The number of nitrogens with zero attached hydrogens (tertiary/aromatic N) is 2. The van der Waals surface area contributed by atoms with Crippen molar-refractivity contribution in [2.45, 2.75) is 13.8 Å². The van der Waals surface area contributed by atoms with Gasteiger partial charge in [0, 0.05) is 10.8 Å². The first-order chi connectivity index (χ1) is 27.4. The number of carbonyl (C=O) groups excluding carboxylic acids is 2. The van der Waals surface area contributed by atoms with Crippen molar-refractivity contribution in [3.05, 3.63) is 204 Å². The quantitative estimate of drug-likeness (QED) is 0.161. The van der Waals surface area contributed by atoms with Crippen LogP contribution >= 0.6 is 0 Å². The van der Waals surface area contributed by atoms with E-state index in [1.807, 2.05) is 84.9 Å². The number of imide groups is 1. The number of hydrogen-bond donors (Lipinski definition) is 0. The molecule has 0 spiro atoms. The van der Waals surface area contributed by atoms with Crippen LogP contribution in [0.1, 0.15) is 31.8 Å². The van der Waals surface area contributed by atoms with Gasteiger partial charge in [0.2, 0.25) is 0 Å². The predicted octanol–water partition coefficient (Wildman–Crippen LogP) is 12.9. The van der Waals surface area contributed by atoms with Crippen LogP contribution in [-0.2, 0) is 0 Å². The topological polar surface area (TPSA) is 42.3 Å². The smallest absolute Gasteiger partial charge is 0.268 e. The van der Waals surface area contributed by atoms with Crippen LogP contribution in [0.2, 0.25) is 0 Å². The van der Waals surface area contributed by atoms with E-state index in [2.05, 4.69) is 109 Å². The van der Waals surface area contributed by atoms with Gasteiger partial charge in [0.1, 0.15) is 0 Å². The number of carbonyl (C=O) groups is 2. The molecule has 0 fully saturated rings. The highest BCUT2D eigenvalue weighted by Gasteiger charge is 2.39. The number of benzene rings is 8. The predicted molar refractivity (Wildman–Crippen MR) is 230 cm³/mol. The zero-order valence-electron chi connectivity index (χ0n) is 31.0. The lowest BCUT2D eigenvalue weighted by Crippen LogP contribution is -2.29. The summed E-state index contributed by atoms with van der Waals surface area (Å²) < 4.78 is 2.18. The van der Waals surface area contributed by atoms with E-state index in [1.54, 1.807) is 6.07 Å². The molecule has 2 amide bonds. The first-order valence-electron chi connectivity index (χ1n) is 18.9. The van der Waals surface area contributed by atoms with Crippen molar-refractivity contribution in [2.24, 2.45) is 0 Å². The molecule has 0 saturated carbocycles. The lowest BCUT2D eigenvalue weighted by molar-refractivity contribution is 0.0926. The van der Waals surface area contributed by atoms with Crippen molar-refractivity contribution >= 4 is 39.3 Å². The molecule has 4 heteroatoms. The molecule has 2 heterocycles. The lowest BCUT2D eigenvalue weighted by Gasteiger charge is -2.18. The normalized spacial score (nSPS) is 12.5. The molecule has 0 bridgehead atoms. The maximum absolute atomic E-state index is 15.0. The molecule has 4 nitrogen and oxygen atoms in total. The molecule has 8 aromatic carbocycles. The molecule has 1 aromatic heterocycles. The van der Waals surface area contributed by atoms with Crippen LogP contribution in [0.5, 0.6) is 0 Å². The van der Waals surface area contributed by atoms with Crippen molar-refractivity contribution in [2.75, 3.05) is 4.90 Å². The van der Waals surface area contributed by atoms with Gasteiger partial charge in [-0.05, 0) is 101 Å². The highest BCUT2D eigenvalue weighted by molar-refractivity contribution is 6.36. The van der Waals surface area contributed by atoms with Crippen molar-refractivity contribution in [1.82, 2.24) is 4.57 Å². The summed E-state index contributed by atoms with van der Waals surface area (Å²) >= 11 is 0. The maximum Gasteiger partial charge on any atom is 0.268 e. The summed E-state index contributed by atoms with van der Waals surface area (Å²) in [6, 6.07) is 62.0. The maximum atomic E-state index is 15.0. The summed E-state index contributed by atoms with van der Waals surface area (Å²) in [4.78, 5) is 31.0. The molecule has 9 aromatic rings. The minimum absolute atomic E-state index is 0.336. The van der Waals surface area contributed by atoms with Crippen LogP contribution < -0.4 is 4.90 Å². The third-order valence-electron chi connectivity index (χ3n) is 11.1. The Kier molecular flexibility index (Phi) is 7.86. The van der Waals surface area contributed by atoms with Gasteiger partial charge in [-0.2, -0.15) is 0 Å². The Balaban J connectivity index is 1.19. The molecule has 0 saturated heterocycles. The van der Waals surface area contributed by atoms with Crippen LogP contribution in [0.15, 0.2) is 182 Å². The zero-order valence-corrected chi connectivity index (χ0v) is 31.0. The van der Waals surface area contributed by atoms with E-state index in [-0.39, 0.29) is 11.8 Å². The molecule has 266 valence electrons. The van der Waals surface area contributed by atoms with Crippen molar-refractivity contribution in [3.63, 3.8) is 0 Å². The minimum atomic E-state index is -0.343. The Hall–Kier alpha value is -7.30. The molecule has 1 aliphatic rings. The first kappa shape index (κ1) is 33.3. The molecule has 0 radical (unpaired) electrons. The van der Waals surface area contributed by atoms with Gasteiger partial charge in [0.15, 0.2) is 0 Å². The van der Waals surface area contributed by atoms with Gasteiger partial charge in [-0.25, -0.2) is 4.90 Å². The van der Waals surface area contributed by atoms with E-state index in [4.69, 9.17) is 0 Å². The van der Waals surface area contributed by atoms with Crippen LogP contribution in [0, 0.1) is 13.8 Å². The Morgan fingerprint density at radius 3 is 1.34 bits per heavy atom. The van der Waals surface area contributed by atoms with Crippen LogP contribution in [0.25, 0.3) is 72.0 Å². The second kappa shape index (κ2) is 13.2. The molecule has 10 rings (SSSR count). The largest absolute Gasteiger partial charge is 0.308 e. The summed E-state index contributed by atoms with van der Waals surface area (Å²) in [5.74, 6) is -0.679. The fourth-order valence-electron chi connectivity index (χ4n) is 8.15. The van der Waals surface area contributed by atoms with E-state index in [1.165, 1.54) is 16.0 Å². The molecule has 0 atom stereocenters. The molecule has 0 unspecified atom stereocenters. The molecule has 0 N–H and O–H groups in total. The van der Waals surface area contributed by atoms with E-state index in [0.717, 1.165) is 66.3 Å². The Labute approximate surface area is 325 Å². The van der Waals surface area contributed by atoms with Gasteiger partial charge in [-0.15, -0.1) is 0 Å². The second-order valence-electron chi connectivity index (χ2n) is 14.7. The fourth-order valence-corrected chi connectivity index (χ4v) is 8.15. The third kappa shape index (κ3) is 5.54. The zero-order chi connectivity index (χ0) is 37.9. The fraction of sp³-hybridized carbons (Fsp3) is 0.0385. The highest BCUT2D eigenvalue weighted by Crippen LogP contribution is 2.41. The van der Waals surface area contributed by atoms with Gasteiger partial charge in [0.05, 0.1) is 33.5 Å². The highest BCUT2D eigenvalue weighted by atomic mass is 16.2. The van der Waals surface area contributed by atoms with Crippen LogP contribution in [0.3, 0.4) is 0 Å². The third-order valence-corrected chi connectivity index (χ3v) is 11.1. The summed E-state index contributed by atoms with van der Waals surface area (Å²) in [6.45, 7) is 4.18. The van der Waals surface area contributed by atoms with Gasteiger partial charge in [0.25, 0.3) is 11.8 Å². The summed E-state index contributed by atoms with van der Waals surface area (Å²) in [5, 5.41) is 2.14. The number of hydrogen-bond acceptors (Lipinski definition) is 2. The molecule has 1 aliphatic heterocycles. The molecular formula is C52H36N2O2. The standard InChI is InChI=1S/C52H36N2O2/c1-33-16-20-37(21-17-33)39-24-26-44-45-27-25-40(38-22-18-34(2)19-23-38)32-49(45)54(48(44)31-39)47-15-9-14-46-50(47)52(56)53(51(46)55)43-29-41(35-10-5-3-6-11-35)28-42(30-43)36-12-7-4-8-13-36/h3-32H,1-2H3. The number of aryl methyl sites for hydroxylation is 2. The van der Waals surface area contributed by atoms with Crippen molar-refractivity contribution in [3.8, 4) is 50.2 Å². The van der Waals surface area contributed by atoms with Gasteiger partial charge in [-0.1, -0.05) is 151 Å². The summed E-state index contributed by atoms with van der Waals surface area (Å²) in [5.41, 5.74) is 14.5. The van der Waals surface area contributed by atoms with E-state index in [9.17, 15) is 4.79 Å². The number of rotatable bonds is 6. The van der Waals surface area contributed by atoms with Crippen LogP contribution in [-0.4, -0.2) is 16.4 Å². The number of aromatic nitrogens is 1. The number of amides is 2. The molecule has 56 heavy (non-hydrogen) atoms. The van der Waals surface area contributed by atoms with E-state index >= 15 is 4.79 Å². The average molecular weight is 721 g/mol.